The van der Waals surface area contributed by atoms with Crippen LogP contribution < -0.4 is 0 Å². The summed E-state index contributed by atoms with van der Waals surface area (Å²) in [6.07, 6.45) is 1.62. The Balaban J connectivity index is 1.55. The van der Waals surface area contributed by atoms with Gasteiger partial charge >= 0.3 is 0 Å². The zero-order valence-electron chi connectivity index (χ0n) is 14.0. The number of phenols is 1. The van der Waals surface area contributed by atoms with E-state index in [2.05, 4.69) is 13.0 Å². The van der Waals surface area contributed by atoms with Crippen molar-refractivity contribution < 1.29 is 14.3 Å². The van der Waals surface area contributed by atoms with Gasteiger partial charge in [-0.3, -0.25) is 9.79 Å². The monoisotopic (exact) mass is 338 g/mol. The van der Waals surface area contributed by atoms with E-state index in [4.69, 9.17) is 4.99 Å². The van der Waals surface area contributed by atoms with E-state index < -0.39 is 11.6 Å². The van der Waals surface area contributed by atoms with Gasteiger partial charge in [0.15, 0.2) is 11.6 Å². The van der Waals surface area contributed by atoms with Crippen LogP contribution in [-0.4, -0.2) is 34.7 Å². The number of carbonyl (C=O) groups excluding carboxylic acids is 1. The number of halogens is 1. The number of nitrogens with zero attached hydrogens (tertiary/aromatic N) is 2. The van der Waals surface area contributed by atoms with Crippen LogP contribution in [0, 0.1) is 5.82 Å². The number of aromatic hydroxyl groups is 1. The SMILES string of the molecule is CC1=Nc2ccccc2C12CCN(C(=O)c1ccc(O)c(F)c1)CC2. The standard InChI is InChI=1S/C20H19FN2O2/c1-13-20(15-4-2-3-5-17(15)22-13)8-10-23(11-9-20)19(25)14-6-7-18(24)16(21)12-14/h2-7,12,24H,8-11H2,1H3. The minimum Gasteiger partial charge on any atom is -0.505 e. The van der Waals surface area contributed by atoms with E-state index in [0.717, 1.165) is 30.3 Å². The highest BCUT2D eigenvalue weighted by Crippen LogP contribution is 2.46. The van der Waals surface area contributed by atoms with Crippen molar-refractivity contribution in [3.05, 3.63) is 59.4 Å². The van der Waals surface area contributed by atoms with Crippen molar-refractivity contribution in [2.45, 2.75) is 25.2 Å². The average molecular weight is 338 g/mol. The van der Waals surface area contributed by atoms with Gasteiger partial charge in [0, 0.05) is 29.8 Å². The van der Waals surface area contributed by atoms with Crippen molar-refractivity contribution in [3.63, 3.8) is 0 Å². The zero-order chi connectivity index (χ0) is 17.6. The first-order valence-corrected chi connectivity index (χ1v) is 8.44. The van der Waals surface area contributed by atoms with Gasteiger partial charge < -0.3 is 10.0 Å². The van der Waals surface area contributed by atoms with Crippen LogP contribution in [0.25, 0.3) is 0 Å². The molecule has 2 aliphatic rings. The Kier molecular flexibility index (Phi) is 3.60. The first kappa shape index (κ1) is 15.8. The third-order valence-electron chi connectivity index (χ3n) is 5.50. The Bertz CT molecular complexity index is 883. The summed E-state index contributed by atoms with van der Waals surface area (Å²) in [4.78, 5) is 19.1. The van der Waals surface area contributed by atoms with Gasteiger partial charge in [0.1, 0.15) is 0 Å². The number of carbonyl (C=O) groups is 1. The molecule has 0 aromatic heterocycles. The number of benzene rings is 2. The summed E-state index contributed by atoms with van der Waals surface area (Å²) in [5, 5.41) is 9.28. The lowest BCUT2D eigenvalue weighted by molar-refractivity contribution is 0.0696. The van der Waals surface area contributed by atoms with Crippen LogP contribution in [0.5, 0.6) is 5.75 Å². The Morgan fingerprint density at radius 1 is 1.20 bits per heavy atom. The lowest BCUT2D eigenvalue weighted by Crippen LogP contribution is -2.47. The number of amides is 1. The van der Waals surface area contributed by atoms with Crippen LogP contribution in [0.1, 0.15) is 35.7 Å². The smallest absolute Gasteiger partial charge is 0.253 e. The molecule has 2 aliphatic heterocycles. The van der Waals surface area contributed by atoms with Crippen LogP contribution in [0.15, 0.2) is 47.5 Å². The van der Waals surface area contributed by atoms with Gasteiger partial charge in [-0.15, -0.1) is 0 Å². The van der Waals surface area contributed by atoms with Crippen molar-refractivity contribution in [2.75, 3.05) is 13.1 Å². The van der Waals surface area contributed by atoms with Gasteiger partial charge in [-0.2, -0.15) is 0 Å². The molecule has 2 aromatic rings. The fraction of sp³-hybridized carbons (Fsp3) is 0.300. The molecule has 4 rings (SSSR count). The van der Waals surface area contributed by atoms with Crippen LogP contribution in [0.3, 0.4) is 0 Å². The number of piperidine rings is 1. The third-order valence-corrected chi connectivity index (χ3v) is 5.50. The van der Waals surface area contributed by atoms with E-state index in [1.165, 1.54) is 17.7 Å². The number of fused-ring (bicyclic) bond motifs is 2. The van der Waals surface area contributed by atoms with E-state index >= 15 is 0 Å². The third kappa shape index (κ3) is 2.42. The number of rotatable bonds is 1. The second-order valence-electron chi connectivity index (χ2n) is 6.75. The largest absolute Gasteiger partial charge is 0.505 e. The highest BCUT2D eigenvalue weighted by Gasteiger charge is 2.44. The highest BCUT2D eigenvalue weighted by molar-refractivity contribution is 6.01. The average Bonchev–Trinajstić information content (AvgIpc) is 2.89. The summed E-state index contributed by atoms with van der Waals surface area (Å²) < 4.78 is 13.5. The number of phenolic OH excluding ortho intramolecular Hbond substituents is 1. The summed E-state index contributed by atoms with van der Waals surface area (Å²) in [5.74, 6) is -1.41. The van der Waals surface area contributed by atoms with Crippen molar-refractivity contribution in [3.8, 4) is 5.75 Å². The molecular weight excluding hydrogens is 319 g/mol. The number of para-hydroxylation sites is 1. The van der Waals surface area contributed by atoms with Gasteiger partial charge in [-0.25, -0.2) is 4.39 Å². The number of hydrogen-bond acceptors (Lipinski definition) is 3. The molecule has 5 heteroatoms. The Morgan fingerprint density at radius 2 is 1.92 bits per heavy atom. The van der Waals surface area contributed by atoms with E-state index in [1.807, 2.05) is 18.2 Å². The molecule has 0 bridgehead atoms. The number of hydrogen-bond donors (Lipinski definition) is 1. The molecule has 1 saturated heterocycles. The molecule has 0 atom stereocenters. The number of likely N-dealkylation sites (tertiary alicyclic amines) is 1. The molecule has 1 amide bonds. The van der Waals surface area contributed by atoms with Gasteiger partial charge in [-0.1, -0.05) is 18.2 Å². The molecule has 2 heterocycles. The molecule has 1 spiro atoms. The van der Waals surface area contributed by atoms with Crippen molar-refractivity contribution in [1.82, 2.24) is 4.90 Å². The van der Waals surface area contributed by atoms with Gasteiger partial charge in [0.25, 0.3) is 5.91 Å². The molecule has 25 heavy (non-hydrogen) atoms. The van der Waals surface area contributed by atoms with Crippen molar-refractivity contribution >= 4 is 17.3 Å². The second kappa shape index (κ2) is 5.69. The van der Waals surface area contributed by atoms with E-state index in [1.54, 1.807) is 4.90 Å². The van der Waals surface area contributed by atoms with Crippen LogP contribution >= 0.6 is 0 Å². The minimum atomic E-state index is -0.771. The van der Waals surface area contributed by atoms with Gasteiger partial charge in [0.2, 0.25) is 0 Å². The highest BCUT2D eigenvalue weighted by atomic mass is 19.1. The van der Waals surface area contributed by atoms with E-state index in [-0.39, 0.29) is 16.9 Å². The lowest BCUT2D eigenvalue weighted by atomic mass is 9.71. The Hall–Kier alpha value is -2.69. The van der Waals surface area contributed by atoms with E-state index in [0.29, 0.717) is 13.1 Å². The summed E-state index contributed by atoms with van der Waals surface area (Å²) in [7, 11) is 0. The maximum absolute atomic E-state index is 13.5. The quantitative estimate of drug-likeness (QED) is 0.859. The van der Waals surface area contributed by atoms with Crippen molar-refractivity contribution in [2.24, 2.45) is 4.99 Å². The Labute approximate surface area is 145 Å². The molecular formula is C20H19FN2O2. The predicted octanol–water partition coefficient (Wildman–Crippen LogP) is 3.81. The van der Waals surface area contributed by atoms with Gasteiger partial charge in [-0.05, 0) is 49.6 Å². The molecule has 2 aromatic carbocycles. The topological polar surface area (TPSA) is 52.9 Å². The first-order chi connectivity index (χ1) is 12.0. The van der Waals surface area contributed by atoms with Crippen LogP contribution in [0.4, 0.5) is 10.1 Å². The van der Waals surface area contributed by atoms with Gasteiger partial charge in [0.05, 0.1) is 5.69 Å². The molecule has 0 aliphatic carbocycles. The fourth-order valence-electron chi connectivity index (χ4n) is 4.00. The number of aliphatic imine (C=N–C) groups is 1. The molecule has 4 nitrogen and oxygen atoms in total. The fourth-order valence-corrected chi connectivity index (χ4v) is 4.00. The molecule has 128 valence electrons. The lowest BCUT2D eigenvalue weighted by Gasteiger charge is -2.40. The van der Waals surface area contributed by atoms with Crippen LogP contribution in [0.2, 0.25) is 0 Å². The van der Waals surface area contributed by atoms with E-state index in [9.17, 15) is 14.3 Å². The maximum Gasteiger partial charge on any atom is 0.253 e. The molecule has 1 fully saturated rings. The zero-order valence-corrected chi connectivity index (χ0v) is 14.0. The molecule has 0 radical (unpaired) electrons. The Morgan fingerprint density at radius 3 is 2.64 bits per heavy atom. The maximum atomic E-state index is 13.5. The summed E-state index contributed by atoms with van der Waals surface area (Å²) in [6, 6.07) is 12.0. The van der Waals surface area contributed by atoms with Crippen LogP contribution in [-0.2, 0) is 5.41 Å². The molecule has 0 saturated carbocycles. The van der Waals surface area contributed by atoms with Crippen molar-refractivity contribution in [1.29, 1.82) is 0 Å². The second-order valence-corrected chi connectivity index (χ2v) is 6.75. The first-order valence-electron chi connectivity index (χ1n) is 8.44. The molecule has 1 N–H and O–H groups in total. The predicted molar refractivity (Wildman–Crippen MR) is 94.1 cm³/mol. The molecule has 0 unspecified atom stereocenters. The normalized spacial score (nSPS) is 18.2. The summed E-state index contributed by atoms with van der Waals surface area (Å²) in [6.45, 7) is 3.26. The minimum absolute atomic E-state index is 0.0897. The summed E-state index contributed by atoms with van der Waals surface area (Å²) in [5.41, 5.74) is 3.56. The summed E-state index contributed by atoms with van der Waals surface area (Å²) >= 11 is 0.